The fourth-order valence-corrected chi connectivity index (χ4v) is 1.89. The van der Waals surface area contributed by atoms with Crippen LogP contribution in [0.1, 0.15) is 11.6 Å². The van der Waals surface area contributed by atoms with Gasteiger partial charge in [-0.05, 0) is 35.9 Å². The molecule has 0 amide bonds. The van der Waals surface area contributed by atoms with Gasteiger partial charge in [0.2, 0.25) is 0 Å². The van der Waals surface area contributed by atoms with Gasteiger partial charge in [0.1, 0.15) is 5.75 Å². The van der Waals surface area contributed by atoms with Gasteiger partial charge in [-0.3, -0.25) is 0 Å². The van der Waals surface area contributed by atoms with Crippen molar-refractivity contribution in [3.8, 4) is 5.75 Å². The van der Waals surface area contributed by atoms with E-state index in [1.54, 1.807) is 36.4 Å². The van der Waals surface area contributed by atoms with Crippen LogP contribution in [0.25, 0.3) is 0 Å². The summed E-state index contributed by atoms with van der Waals surface area (Å²) in [6, 6.07) is 12.0. The van der Waals surface area contributed by atoms with Gasteiger partial charge >= 0.3 is 5.97 Å². The average molecular weight is 278 g/mol. The van der Waals surface area contributed by atoms with Crippen LogP contribution in [0.15, 0.2) is 48.5 Å². The van der Waals surface area contributed by atoms with Crippen molar-refractivity contribution in [2.24, 2.45) is 0 Å². The molecular formula is C14H12ClNO3. The first kappa shape index (κ1) is 13.2. The second-order valence-corrected chi connectivity index (χ2v) is 4.45. The van der Waals surface area contributed by atoms with Crippen molar-refractivity contribution in [3.63, 3.8) is 0 Å². The molecule has 0 spiro atoms. The van der Waals surface area contributed by atoms with Gasteiger partial charge in [0.05, 0.1) is 0 Å². The minimum Gasteiger partial charge on any atom is -0.508 e. The van der Waals surface area contributed by atoms with Gasteiger partial charge < -0.3 is 15.5 Å². The summed E-state index contributed by atoms with van der Waals surface area (Å²) in [4.78, 5) is 11.3. The maximum absolute atomic E-state index is 11.3. The monoisotopic (exact) mass is 277 g/mol. The highest BCUT2D eigenvalue weighted by Crippen LogP contribution is 2.23. The second kappa shape index (κ2) is 5.63. The third-order valence-corrected chi connectivity index (χ3v) is 2.84. The molecule has 2 aromatic rings. The van der Waals surface area contributed by atoms with Crippen LogP contribution in [-0.4, -0.2) is 16.2 Å². The van der Waals surface area contributed by atoms with Gasteiger partial charge in [-0.2, -0.15) is 0 Å². The minimum atomic E-state index is -1.01. The van der Waals surface area contributed by atoms with Crippen molar-refractivity contribution in [2.75, 3.05) is 5.32 Å². The molecule has 3 N–H and O–H groups in total. The number of rotatable bonds is 4. The van der Waals surface area contributed by atoms with Gasteiger partial charge in [-0.25, -0.2) is 4.79 Å². The van der Waals surface area contributed by atoms with Crippen LogP contribution < -0.4 is 5.32 Å². The lowest BCUT2D eigenvalue weighted by atomic mass is 10.1. The molecule has 0 aliphatic heterocycles. The Morgan fingerprint density at radius 2 is 1.84 bits per heavy atom. The summed E-state index contributed by atoms with van der Waals surface area (Å²) in [5.74, 6) is -0.915. The third-order valence-electron chi connectivity index (χ3n) is 2.61. The largest absolute Gasteiger partial charge is 0.508 e. The lowest BCUT2D eigenvalue weighted by molar-refractivity contribution is -0.138. The number of phenols is 1. The highest BCUT2D eigenvalue weighted by Gasteiger charge is 2.19. The molecule has 0 radical (unpaired) electrons. The Bertz CT molecular complexity index is 583. The van der Waals surface area contributed by atoms with E-state index in [-0.39, 0.29) is 5.75 Å². The first-order valence-corrected chi connectivity index (χ1v) is 5.98. The van der Waals surface area contributed by atoms with E-state index in [0.717, 1.165) is 0 Å². The highest BCUT2D eigenvalue weighted by molar-refractivity contribution is 6.30. The van der Waals surface area contributed by atoms with Crippen LogP contribution in [0, 0.1) is 0 Å². The maximum Gasteiger partial charge on any atom is 0.330 e. The number of halogens is 1. The molecule has 0 aromatic heterocycles. The Kier molecular flexibility index (Phi) is 3.92. The lowest BCUT2D eigenvalue weighted by Crippen LogP contribution is -2.20. The van der Waals surface area contributed by atoms with E-state index in [9.17, 15) is 15.0 Å². The number of hydrogen-bond acceptors (Lipinski definition) is 3. The fraction of sp³-hybridized carbons (Fsp3) is 0.0714. The summed E-state index contributed by atoms with van der Waals surface area (Å²) in [7, 11) is 0. The molecule has 1 unspecified atom stereocenters. The molecule has 5 heteroatoms. The van der Waals surface area contributed by atoms with Crippen molar-refractivity contribution < 1.29 is 15.0 Å². The zero-order valence-electron chi connectivity index (χ0n) is 9.88. The van der Waals surface area contributed by atoms with E-state index in [1.165, 1.54) is 12.1 Å². The van der Waals surface area contributed by atoms with Gasteiger partial charge in [-0.1, -0.05) is 29.8 Å². The van der Waals surface area contributed by atoms with Gasteiger partial charge in [0.15, 0.2) is 6.04 Å². The molecule has 0 saturated heterocycles. The summed E-state index contributed by atoms with van der Waals surface area (Å²) < 4.78 is 0. The Morgan fingerprint density at radius 1 is 1.16 bits per heavy atom. The number of phenolic OH excluding ortho intramolecular Hbond substituents is 1. The SMILES string of the molecule is O=C(O)C(Nc1cccc(Cl)c1)c1ccc(O)cc1. The van der Waals surface area contributed by atoms with E-state index < -0.39 is 12.0 Å². The molecule has 2 aromatic carbocycles. The summed E-state index contributed by atoms with van der Waals surface area (Å²) >= 11 is 5.85. The van der Waals surface area contributed by atoms with Crippen molar-refractivity contribution in [3.05, 3.63) is 59.1 Å². The number of anilines is 1. The number of benzene rings is 2. The van der Waals surface area contributed by atoms with Gasteiger partial charge in [-0.15, -0.1) is 0 Å². The predicted molar refractivity (Wildman–Crippen MR) is 73.6 cm³/mol. The zero-order chi connectivity index (χ0) is 13.8. The smallest absolute Gasteiger partial charge is 0.330 e. The Morgan fingerprint density at radius 3 is 2.42 bits per heavy atom. The van der Waals surface area contributed by atoms with Crippen LogP contribution in [-0.2, 0) is 4.79 Å². The molecule has 0 bridgehead atoms. The normalized spacial score (nSPS) is 11.8. The van der Waals surface area contributed by atoms with Crippen LogP contribution >= 0.6 is 11.6 Å². The summed E-state index contributed by atoms with van der Waals surface area (Å²) in [6.07, 6.45) is 0. The second-order valence-electron chi connectivity index (χ2n) is 4.02. The van der Waals surface area contributed by atoms with E-state index in [2.05, 4.69) is 5.32 Å². The molecule has 0 saturated carbocycles. The molecular weight excluding hydrogens is 266 g/mol. The van der Waals surface area contributed by atoms with E-state index in [4.69, 9.17) is 11.6 Å². The number of aliphatic carboxylic acids is 1. The van der Waals surface area contributed by atoms with Gasteiger partial charge in [0.25, 0.3) is 0 Å². The number of nitrogens with one attached hydrogen (secondary N) is 1. The number of aromatic hydroxyl groups is 1. The topological polar surface area (TPSA) is 69.6 Å². The fourth-order valence-electron chi connectivity index (χ4n) is 1.70. The van der Waals surface area contributed by atoms with E-state index in [1.807, 2.05) is 0 Å². The average Bonchev–Trinajstić information content (AvgIpc) is 2.37. The maximum atomic E-state index is 11.3. The standard InChI is InChI=1S/C14H12ClNO3/c15-10-2-1-3-11(8-10)16-13(14(18)19)9-4-6-12(17)7-5-9/h1-8,13,16-17H,(H,18,19). The van der Waals surface area contributed by atoms with Crippen molar-refractivity contribution in [1.29, 1.82) is 0 Å². The van der Waals surface area contributed by atoms with E-state index in [0.29, 0.717) is 16.3 Å². The summed E-state index contributed by atoms with van der Waals surface area (Å²) in [5.41, 5.74) is 1.17. The highest BCUT2D eigenvalue weighted by atomic mass is 35.5. The Labute approximate surface area is 115 Å². The van der Waals surface area contributed by atoms with E-state index >= 15 is 0 Å². The number of carboxylic acid groups (broad SMARTS) is 1. The van der Waals surface area contributed by atoms with Crippen LogP contribution in [0.2, 0.25) is 5.02 Å². The molecule has 4 nitrogen and oxygen atoms in total. The molecule has 19 heavy (non-hydrogen) atoms. The van der Waals surface area contributed by atoms with Crippen molar-refractivity contribution >= 4 is 23.3 Å². The Balaban J connectivity index is 2.26. The zero-order valence-corrected chi connectivity index (χ0v) is 10.6. The molecule has 2 rings (SSSR count). The van der Waals surface area contributed by atoms with Crippen LogP contribution in [0.5, 0.6) is 5.75 Å². The first-order valence-electron chi connectivity index (χ1n) is 5.60. The Hall–Kier alpha value is -2.20. The quantitative estimate of drug-likeness (QED) is 0.802. The summed E-state index contributed by atoms with van der Waals surface area (Å²) in [5, 5.41) is 21.9. The molecule has 0 aliphatic rings. The number of carboxylic acids is 1. The van der Waals surface area contributed by atoms with Crippen molar-refractivity contribution in [1.82, 2.24) is 0 Å². The van der Waals surface area contributed by atoms with Crippen LogP contribution in [0.4, 0.5) is 5.69 Å². The summed E-state index contributed by atoms with van der Waals surface area (Å²) in [6.45, 7) is 0. The third kappa shape index (κ3) is 3.39. The van der Waals surface area contributed by atoms with Crippen molar-refractivity contribution in [2.45, 2.75) is 6.04 Å². The van der Waals surface area contributed by atoms with Crippen LogP contribution in [0.3, 0.4) is 0 Å². The molecule has 1 atom stereocenters. The molecule has 98 valence electrons. The molecule has 0 heterocycles. The molecule has 0 aliphatic carbocycles. The first-order chi connectivity index (χ1) is 9.06. The molecule has 0 fully saturated rings. The predicted octanol–water partition coefficient (Wildman–Crippen LogP) is 3.28. The number of carbonyl (C=O) groups is 1. The lowest BCUT2D eigenvalue weighted by Gasteiger charge is -2.16. The number of hydrogen-bond donors (Lipinski definition) is 3. The van der Waals surface area contributed by atoms with Gasteiger partial charge in [0, 0.05) is 10.7 Å². The minimum absolute atomic E-state index is 0.0932.